The minimum absolute atomic E-state index is 0.549. The zero-order valence-electron chi connectivity index (χ0n) is 9.69. The minimum atomic E-state index is -0.549. The summed E-state index contributed by atoms with van der Waals surface area (Å²) in [5.41, 5.74) is 6.33. The highest BCUT2D eigenvalue weighted by molar-refractivity contribution is 7.09. The van der Waals surface area contributed by atoms with Crippen LogP contribution in [0.1, 0.15) is 33.2 Å². The molecule has 2 nitrogen and oxygen atoms in total. The summed E-state index contributed by atoms with van der Waals surface area (Å²) in [7, 11) is 0. The van der Waals surface area contributed by atoms with Crippen molar-refractivity contribution in [3.05, 3.63) is 51.0 Å². The van der Waals surface area contributed by atoms with Crippen molar-refractivity contribution in [3.8, 4) is 0 Å². The molecule has 0 saturated heterocycles. The molecule has 0 amide bonds. The Morgan fingerprint density at radius 2 is 1.81 bits per heavy atom. The topological polar surface area (TPSA) is 33.1 Å². The summed E-state index contributed by atoms with van der Waals surface area (Å²) in [6.07, 6.45) is 1.18. The molecule has 1 N–H and O–H groups in total. The molecule has 16 heavy (non-hydrogen) atoms. The average Bonchev–Trinajstić information content (AvgIpc) is 2.75. The van der Waals surface area contributed by atoms with E-state index in [2.05, 4.69) is 31.0 Å². The first kappa shape index (κ1) is 11.3. The molecule has 2 aromatic rings. The number of aromatic nitrogens is 1. The summed E-state index contributed by atoms with van der Waals surface area (Å²) < 4.78 is 0. The van der Waals surface area contributed by atoms with Gasteiger partial charge in [-0.05, 0) is 43.0 Å². The number of nitrogens with zero attached hydrogens (tertiary/aromatic N) is 1. The van der Waals surface area contributed by atoms with E-state index in [0.717, 1.165) is 16.0 Å². The van der Waals surface area contributed by atoms with E-state index < -0.39 is 6.10 Å². The number of aliphatic hydroxyl groups is 1. The van der Waals surface area contributed by atoms with E-state index in [4.69, 9.17) is 0 Å². The van der Waals surface area contributed by atoms with Crippen molar-refractivity contribution in [2.24, 2.45) is 0 Å². The monoisotopic (exact) mass is 233 g/mol. The lowest BCUT2D eigenvalue weighted by atomic mass is 9.97. The summed E-state index contributed by atoms with van der Waals surface area (Å²) in [6.45, 7) is 6.19. The van der Waals surface area contributed by atoms with Crippen molar-refractivity contribution < 1.29 is 5.11 Å². The van der Waals surface area contributed by atoms with Gasteiger partial charge in [-0.1, -0.05) is 12.1 Å². The maximum atomic E-state index is 10.2. The lowest BCUT2D eigenvalue weighted by Crippen LogP contribution is -2.01. The zero-order valence-corrected chi connectivity index (χ0v) is 10.5. The van der Waals surface area contributed by atoms with Crippen LogP contribution in [0, 0.1) is 20.8 Å². The molecule has 1 heterocycles. The van der Waals surface area contributed by atoms with Crippen LogP contribution in [0.4, 0.5) is 0 Å². The quantitative estimate of drug-likeness (QED) is 0.864. The minimum Gasteiger partial charge on any atom is -0.383 e. The second-order valence-corrected chi connectivity index (χ2v) is 5.02. The van der Waals surface area contributed by atoms with Crippen molar-refractivity contribution >= 4 is 11.3 Å². The number of hydrogen-bond acceptors (Lipinski definition) is 3. The van der Waals surface area contributed by atoms with Crippen LogP contribution in [0.5, 0.6) is 0 Å². The molecule has 2 rings (SSSR count). The van der Waals surface area contributed by atoms with Crippen LogP contribution in [0.3, 0.4) is 0 Å². The molecule has 1 aromatic heterocycles. The summed E-state index contributed by atoms with van der Waals surface area (Å²) in [6, 6.07) is 4.18. The van der Waals surface area contributed by atoms with E-state index in [1.54, 1.807) is 11.7 Å². The fraction of sp³-hybridized carbons (Fsp3) is 0.308. The van der Waals surface area contributed by atoms with Gasteiger partial charge in [0.25, 0.3) is 0 Å². The Hall–Kier alpha value is -1.19. The van der Waals surface area contributed by atoms with Gasteiger partial charge in [-0.15, -0.1) is 11.3 Å². The molecule has 1 aromatic carbocycles. The number of hydrogen-bond donors (Lipinski definition) is 1. The predicted molar refractivity (Wildman–Crippen MR) is 66.8 cm³/mol. The third-order valence-corrected chi connectivity index (χ3v) is 3.73. The average molecular weight is 233 g/mol. The fourth-order valence-corrected chi connectivity index (χ4v) is 2.41. The maximum absolute atomic E-state index is 10.2. The van der Waals surface area contributed by atoms with Crippen LogP contribution in [-0.2, 0) is 0 Å². The third-order valence-electron chi connectivity index (χ3n) is 2.90. The molecule has 0 saturated carbocycles. The highest BCUT2D eigenvalue weighted by Gasteiger charge is 2.15. The highest BCUT2D eigenvalue weighted by atomic mass is 32.1. The largest absolute Gasteiger partial charge is 0.383 e. The number of thiazole rings is 1. The van der Waals surface area contributed by atoms with Gasteiger partial charge in [0.05, 0.1) is 10.4 Å². The first-order valence-electron chi connectivity index (χ1n) is 5.24. The van der Waals surface area contributed by atoms with Crippen LogP contribution in [0.15, 0.2) is 23.8 Å². The van der Waals surface area contributed by atoms with Crippen LogP contribution in [-0.4, -0.2) is 10.1 Å². The van der Waals surface area contributed by atoms with Crippen molar-refractivity contribution in [3.63, 3.8) is 0 Å². The van der Waals surface area contributed by atoms with Crippen LogP contribution in [0.25, 0.3) is 0 Å². The molecule has 0 radical (unpaired) electrons. The second kappa shape index (κ2) is 4.36. The number of aryl methyl sites for hydroxylation is 3. The molecule has 84 valence electrons. The summed E-state index contributed by atoms with van der Waals surface area (Å²) in [5.74, 6) is 0. The molecular weight excluding hydrogens is 218 g/mol. The Labute approximate surface area is 99.6 Å². The second-order valence-electron chi connectivity index (χ2n) is 4.10. The van der Waals surface area contributed by atoms with E-state index in [1.165, 1.54) is 22.5 Å². The Bertz CT molecular complexity index is 491. The van der Waals surface area contributed by atoms with Gasteiger partial charge in [-0.2, -0.15) is 0 Å². The molecule has 0 aliphatic carbocycles. The molecule has 0 aliphatic heterocycles. The molecule has 0 bridgehead atoms. The number of aliphatic hydroxyl groups excluding tert-OH is 1. The van der Waals surface area contributed by atoms with Gasteiger partial charge in [0, 0.05) is 6.20 Å². The van der Waals surface area contributed by atoms with Gasteiger partial charge < -0.3 is 5.11 Å². The molecule has 0 spiro atoms. The predicted octanol–water partition coefficient (Wildman–Crippen LogP) is 3.15. The van der Waals surface area contributed by atoms with E-state index >= 15 is 0 Å². The normalized spacial score (nSPS) is 12.8. The van der Waals surface area contributed by atoms with Crippen molar-refractivity contribution in [2.75, 3.05) is 0 Å². The number of rotatable bonds is 2. The summed E-state index contributed by atoms with van der Waals surface area (Å²) >= 11 is 1.48. The van der Waals surface area contributed by atoms with Gasteiger partial charge in [-0.25, -0.2) is 0 Å². The van der Waals surface area contributed by atoms with Crippen LogP contribution >= 0.6 is 11.3 Å². The summed E-state index contributed by atoms with van der Waals surface area (Å²) in [4.78, 5) is 4.89. The third kappa shape index (κ3) is 2.01. The van der Waals surface area contributed by atoms with Crippen molar-refractivity contribution in [2.45, 2.75) is 26.9 Å². The Kier molecular flexibility index (Phi) is 3.08. The van der Waals surface area contributed by atoms with Crippen molar-refractivity contribution in [1.82, 2.24) is 4.98 Å². The lowest BCUT2D eigenvalue weighted by molar-refractivity contribution is 0.223. The maximum Gasteiger partial charge on any atom is 0.115 e. The Morgan fingerprint density at radius 1 is 1.12 bits per heavy atom. The number of benzene rings is 1. The van der Waals surface area contributed by atoms with E-state index in [1.807, 2.05) is 6.92 Å². The zero-order chi connectivity index (χ0) is 11.7. The SMILES string of the molecule is Cc1cc(C)c(C(O)c2cncs2)cc1C. The molecule has 1 unspecified atom stereocenters. The first-order chi connectivity index (χ1) is 7.59. The standard InChI is InChI=1S/C13H15NOS/c1-8-4-10(3)11(5-9(8)2)13(15)12-6-14-7-16-12/h4-7,13,15H,1-3H3. The molecule has 3 heteroatoms. The van der Waals surface area contributed by atoms with E-state index in [9.17, 15) is 5.11 Å². The van der Waals surface area contributed by atoms with Crippen LogP contribution in [0.2, 0.25) is 0 Å². The molecule has 1 atom stereocenters. The molecule has 0 fully saturated rings. The van der Waals surface area contributed by atoms with E-state index in [0.29, 0.717) is 0 Å². The smallest absolute Gasteiger partial charge is 0.115 e. The van der Waals surface area contributed by atoms with E-state index in [-0.39, 0.29) is 0 Å². The van der Waals surface area contributed by atoms with Gasteiger partial charge in [0.1, 0.15) is 6.10 Å². The fourth-order valence-electron chi connectivity index (χ4n) is 1.79. The Morgan fingerprint density at radius 3 is 2.44 bits per heavy atom. The lowest BCUT2D eigenvalue weighted by Gasteiger charge is -2.14. The van der Waals surface area contributed by atoms with Crippen LogP contribution < -0.4 is 0 Å². The van der Waals surface area contributed by atoms with Gasteiger partial charge >= 0.3 is 0 Å². The highest BCUT2D eigenvalue weighted by Crippen LogP contribution is 2.28. The molecule has 0 aliphatic rings. The van der Waals surface area contributed by atoms with Gasteiger partial charge in [-0.3, -0.25) is 4.98 Å². The first-order valence-corrected chi connectivity index (χ1v) is 6.11. The molecular formula is C13H15NOS. The Balaban J connectivity index is 2.44. The van der Waals surface area contributed by atoms with Gasteiger partial charge in [0.15, 0.2) is 0 Å². The van der Waals surface area contributed by atoms with Gasteiger partial charge in [0.2, 0.25) is 0 Å². The summed E-state index contributed by atoms with van der Waals surface area (Å²) in [5, 5.41) is 10.2. The van der Waals surface area contributed by atoms with Crippen molar-refractivity contribution in [1.29, 1.82) is 0 Å².